The van der Waals surface area contributed by atoms with Crippen molar-refractivity contribution in [3.63, 3.8) is 0 Å². The molecule has 0 unspecified atom stereocenters. The van der Waals surface area contributed by atoms with Crippen LogP contribution in [0.4, 0.5) is 25.8 Å². The molecule has 1 atom stereocenters. The number of anilines is 3. The molecule has 1 aliphatic rings. The highest BCUT2D eigenvalue weighted by molar-refractivity contribution is 5.96. The summed E-state index contributed by atoms with van der Waals surface area (Å²) in [7, 11) is 0. The number of carbonyl (C=O) groups is 2. The highest BCUT2D eigenvalue weighted by atomic mass is 19.1. The molecule has 2 aromatic carbocycles. The summed E-state index contributed by atoms with van der Waals surface area (Å²) in [6, 6.07) is 9.28. The fourth-order valence-corrected chi connectivity index (χ4v) is 2.39. The number of hydrogen-bond donors (Lipinski definition) is 3. The lowest BCUT2D eigenvalue weighted by Gasteiger charge is -2.16. The molecule has 0 spiro atoms. The quantitative estimate of drug-likeness (QED) is 0.736. The first-order valence-electron chi connectivity index (χ1n) is 8.36. The zero-order valence-corrected chi connectivity index (χ0v) is 14.2. The van der Waals surface area contributed by atoms with Crippen LogP contribution in [0.5, 0.6) is 0 Å². The van der Waals surface area contributed by atoms with E-state index < -0.39 is 23.6 Å². The fraction of sp³-hybridized carbons (Fsp3) is 0.263. The second kappa shape index (κ2) is 7.51. The molecule has 5 nitrogen and oxygen atoms in total. The van der Waals surface area contributed by atoms with Crippen LogP contribution < -0.4 is 16.0 Å². The third-order valence-corrected chi connectivity index (χ3v) is 4.07. The van der Waals surface area contributed by atoms with Crippen molar-refractivity contribution in [1.82, 2.24) is 0 Å². The first-order valence-corrected chi connectivity index (χ1v) is 8.36. The van der Waals surface area contributed by atoms with Gasteiger partial charge in [-0.1, -0.05) is 0 Å². The Balaban J connectivity index is 1.55. The maximum absolute atomic E-state index is 13.6. The molecule has 1 saturated carbocycles. The van der Waals surface area contributed by atoms with Crippen molar-refractivity contribution in [2.45, 2.75) is 25.8 Å². The SMILES string of the molecule is C[C@H](Nc1ccc(NC(=O)C2CC2)cc1)C(=O)Nc1ccc(F)cc1F. The van der Waals surface area contributed by atoms with E-state index in [2.05, 4.69) is 16.0 Å². The number of rotatable bonds is 6. The van der Waals surface area contributed by atoms with Crippen LogP contribution in [0, 0.1) is 17.6 Å². The minimum absolute atomic E-state index is 0.0276. The zero-order chi connectivity index (χ0) is 18.7. The molecule has 1 fully saturated rings. The molecular formula is C19H19F2N3O2. The van der Waals surface area contributed by atoms with Gasteiger partial charge in [0.1, 0.15) is 17.7 Å². The summed E-state index contributed by atoms with van der Waals surface area (Å²) in [5.74, 6) is -1.84. The number of nitrogens with one attached hydrogen (secondary N) is 3. The largest absolute Gasteiger partial charge is 0.374 e. The third-order valence-electron chi connectivity index (χ3n) is 4.07. The molecule has 7 heteroatoms. The summed E-state index contributed by atoms with van der Waals surface area (Å²) in [5.41, 5.74) is 1.29. The average Bonchev–Trinajstić information content (AvgIpc) is 3.44. The Labute approximate surface area is 149 Å². The molecule has 0 saturated heterocycles. The van der Waals surface area contributed by atoms with Gasteiger partial charge in [-0.2, -0.15) is 0 Å². The van der Waals surface area contributed by atoms with E-state index in [4.69, 9.17) is 0 Å². The van der Waals surface area contributed by atoms with Gasteiger partial charge in [-0.05, 0) is 56.2 Å². The maximum atomic E-state index is 13.6. The fourth-order valence-electron chi connectivity index (χ4n) is 2.39. The third kappa shape index (κ3) is 4.56. The van der Waals surface area contributed by atoms with E-state index in [0.717, 1.165) is 18.9 Å². The minimum atomic E-state index is -0.832. The van der Waals surface area contributed by atoms with Crippen LogP contribution in [0.3, 0.4) is 0 Å². The molecular weight excluding hydrogens is 340 g/mol. The van der Waals surface area contributed by atoms with Crippen LogP contribution >= 0.6 is 0 Å². The van der Waals surface area contributed by atoms with Crippen molar-refractivity contribution < 1.29 is 18.4 Å². The molecule has 2 aromatic rings. The molecule has 136 valence electrons. The Morgan fingerprint density at radius 1 is 1.00 bits per heavy atom. The van der Waals surface area contributed by atoms with Crippen molar-refractivity contribution in [1.29, 1.82) is 0 Å². The van der Waals surface area contributed by atoms with E-state index in [1.807, 2.05) is 0 Å². The second-order valence-electron chi connectivity index (χ2n) is 6.32. The summed E-state index contributed by atoms with van der Waals surface area (Å²) in [6.07, 6.45) is 1.87. The number of benzene rings is 2. The van der Waals surface area contributed by atoms with Crippen LogP contribution in [0.15, 0.2) is 42.5 Å². The number of amides is 2. The normalized spacial score (nSPS) is 14.4. The Morgan fingerprint density at radius 3 is 2.27 bits per heavy atom. The van der Waals surface area contributed by atoms with Gasteiger partial charge >= 0.3 is 0 Å². The van der Waals surface area contributed by atoms with E-state index >= 15 is 0 Å². The molecule has 0 bridgehead atoms. The van der Waals surface area contributed by atoms with E-state index in [-0.39, 0.29) is 17.5 Å². The number of carbonyl (C=O) groups excluding carboxylic acids is 2. The molecule has 0 heterocycles. The molecule has 0 radical (unpaired) electrons. The highest BCUT2D eigenvalue weighted by Gasteiger charge is 2.29. The molecule has 0 aliphatic heterocycles. The summed E-state index contributed by atoms with van der Waals surface area (Å²) < 4.78 is 26.5. The minimum Gasteiger partial charge on any atom is -0.374 e. The molecule has 26 heavy (non-hydrogen) atoms. The lowest BCUT2D eigenvalue weighted by molar-refractivity contribution is -0.117. The van der Waals surface area contributed by atoms with E-state index in [0.29, 0.717) is 17.4 Å². The summed E-state index contributed by atoms with van der Waals surface area (Å²) >= 11 is 0. The average molecular weight is 359 g/mol. The topological polar surface area (TPSA) is 70.2 Å². The van der Waals surface area contributed by atoms with Crippen LogP contribution in [0.2, 0.25) is 0 Å². The maximum Gasteiger partial charge on any atom is 0.246 e. The van der Waals surface area contributed by atoms with Crippen LogP contribution in [-0.2, 0) is 9.59 Å². The molecule has 0 aromatic heterocycles. The number of hydrogen-bond acceptors (Lipinski definition) is 3. The van der Waals surface area contributed by atoms with Gasteiger partial charge in [0.05, 0.1) is 5.69 Å². The Hall–Kier alpha value is -2.96. The van der Waals surface area contributed by atoms with Gasteiger partial charge in [-0.25, -0.2) is 8.78 Å². The molecule has 1 aliphatic carbocycles. The van der Waals surface area contributed by atoms with Gasteiger partial charge in [-0.3, -0.25) is 9.59 Å². The monoisotopic (exact) mass is 359 g/mol. The number of halogens is 2. The van der Waals surface area contributed by atoms with E-state index in [9.17, 15) is 18.4 Å². The van der Waals surface area contributed by atoms with E-state index in [1.165, 1.54) is 6.07 Å². The zero-order valence-electron chi connectivity index (χ0n) is 14.2. The van der Waals surface area contributed by atoms with Gasteiger partial charge in [0.2, 0.25) is 11.8 Å². The van der Waals surface area contributed by atoms with Crippen molar-refractivity contribution in [2.75, 3.05) is 16.0 Å². The van der Waals surface area contributed by atoms with Gasteiger partial charge < -0.3 is 16.0 Å². The first kappa shape index (κ1) is 17.8. The van der Waals surface area contributed by atoms with Gasteiger partial charge in [0.25, 0.3) is 0 Å². The smallest absolute Gasteiger partial charge is 0.246 e. The predicted octanol–water partition coefficient (Wildman–Crippen LogP) is 3.75. The predicted molar refractivity (Wildman–Crippen MR) is 95.9 cm³/mol. The first-order chi connectivity index (χ1) is 12.4. The van der Waals surface area contributed by atoms with Crippen LogP contribution in [0.1, 0.15) is 19.8 Å². The summed E-state index contributed by atoms with van der Waals surface area (Å²) in [4.78, 5) is 23.9. The van der Waals surface area contributed by atoms with Crippen molar-refractivity contribution in [3.05, 3.63) is 54.1 Å². The van der Waals surface area contributed by atoms with Crippen LogP contribution in [0.25, 0.3) is 0 Å². The van der Waals surface area contributed by atoms with Gasteiger partial charge in [0.15, 0.2) is 0 Å². The van der Waals surface area contributed by atoms with Gasteiger partial charge in [-0.15, -0.1) is 0 Å². The molecule has 2 amide bonds. The Kier molecular flexibility index (Phi) is 5.16. The Morgan fingerprint density at radius 2 is 1.65 bits per heavy atom. The summed E-state index contributed by atoms with van der Waals surface area (Å²) in [5, 5.41) is 8.23. The van der Waals surface area contributed by atoms with E-state index in [1.54, 1.807) is 31.2 Å². The Bertz CT molecular complexity index is 820. The summed E-state index contributed by atoms with van der Waals surface area (Å²) in [6.45, 7) is 1.62. The van der Waals surface area contributed by atoms with Crippen molar-refractivity contribution >= 4 is 28.9 Å². The highest BCUT2D eigenvalue weighted by Crippen LogP contribution is 2.30. The van der Waals surface area contributed by atoms with Crippen LogP contribution in [-0.4, -0.2) is 17.9 Å². The molecule has 3 N–H and O–H groups in total. The van der Waals surface area contributed by atoms with Gasteiger partial charge in [0, 0.05) is 23.4 Å². The standard InChI is InChI=1S/C19H19F2N3O2/c1-11(18(25)24-17-9-4-13(20)10-16(17)21)22-14-5-7-15(8-6-14)23-19(26)12-2-3-12/h4-12,22H,2-3H2,1H3,(H,23,26)(H,24,25)/t11-/m0/s1. The van der Waals surface area contributed by atoms with Crippen molar-refractivity contribution in [3.8, 4) is 0 Å². The lowest BCUT2D eigenvalue weighted by atomic mass is 10.2. The lowest BCUT2D eigenvalue weighted by Crippen LogP contribution is -2.32. The second-order valence-corrected chi connectivity index (χ2v) is 6.32. The molecule has 3 rings (SSSR count). The van der Waals surface area contributed by atoms with Crippen molar-refractivity contribution in [2.24, 2.45) is 5.92 Å².